The predicted molar refractivity (Wildman–Crippen MR) is 55.3 cm³/mol. The maximum absolute atomic E-state index is 12.9. The minimum absolute atomic E-state index is 0.0618. The molecule has 16 heavy (non-hydrogen) atoms. The molecule has 2 rings (SSSR count). The van der Waals surface area contributed by atoms with E-state index in [0.717, 1.165) is 16.6 Å². The zero-order valence-corrected chi connectivity index (χ0v) is 9.21. The lowest BCUT2D eigenvalue weighted by molar-refractivity contribution is -0.0284. The summed E-state index contributed by atoms with van der Waals surface area (Å²) in [5.41, 5.74) is 5.12. The second-order valence-electron chi connectivity index (χ2n) is 3.40. The molecule has 0 amide bonds. The van der Waals surface area contributed by atoms with Gasteiger partial charge in [-0.1, -0.05) is 4.47 Å². The van der Waals surface area contributed by atoms with Gasteiger partial charge in [-0.25, -0.2) is 12.8 Å². The number of halogens is 1. The lowest BCUT2D eigenvalue weighted by Crippen LogP contribution is -2.26. The standard InChI is InChI=1S/C9H11FN2O3S/c10-8-3-2-7(6-9(8)11)16(13,14)12-4-1-5-15-12/h2-3,6H,1,4-5,11H2. The smallest absolute Gasteiger partial charge is 0.265 e. The van der Waals surface area contributed by atoms with Crippen molar-refractivity contribution in [3.8, 4) is 0 Å². The van der Waals surface area contributed by atoms with Crippen LogP contribution in [0.5, 0.6) is 0 Å². The first-order valence-corrected chi connectivity index (χ1v) is 6.16. The van der Waals surface area contributed by atoms with E-state index in [1.54, 1.807) is 0 Å². The number of nitrogen functional groups attached to an aromatic ring is 1. The molecule has 0 saturated carbocycles. The quantitative estimate of drug-likeness (QED) is 0.781. The summed E-state index contributed by atoms with van der Waals surface area (Å²) in [7, 11) is -3.71. The molecule has 1 aromatic carbocycles. The van der Waals surface area contributed by atoms with Crippen LogP contribution in [0, 0.1) is 5.82 Å². The molecule has 5 nitrogen and oxygen atoms in total. The SMILES string of the molecule is Nc1cc(S(=O)(=O)N2CCCO2)ccc1F. The highest BCUT2D eigenvalue weighted by atomic mass is 32.2. The van der Waals surface area contributed by atoms with E-state index < -0.39 is 15.8 Å². The fraction of sp³-hybridized carbons (Fsp3) is 0.333. The fourth-order valence-electron chi connectivity index (χ4n) is 1.41. The van der Waals surface area contributed by atoms with Crippen LogP contribution in [-0.4, -0.2) is 26.0 Å². The Morgan fingerprint density at radius 3 is 2.75 bits per heavy atom. The van der Waals surface area contributed by atoms with Crippen molar-refractivity contribution in [2.45, 2.75) is 11.3 Å². The van der Waals surface area contributed by atoms with Crippen molar-refractivity contribution in [3.05, 3.63) is 24.0 Å². The Labute approximate surface area is 92.6 Å². The molecule has 0 aliphatic carbocycles. The number of hydroxylamine groups is 1. The summed E-state index contributed by atoms with van der Waals surface area (Å²) < 4.78 is 37.6. The molecule has 0 radical (unpaired) electrons. The van der Waals surface area contributed by atoms with Crippen LogP contribution in [0.25, 0.3) is 0 Å². The van der Waals surface area contributed by atoms with Gasteiger partial charge in [0.05, 0.1) is 17.2 Å². The Bertz CT molecular complexity index is 497. The summed E-state index contributed by atoms with van der Waals surface area (Å²) in [6, 6.07) is 3.29. The van der Waals surface area contributed by atoms with Gasteiger partial charge in [-0.2, -0.15) is 0 Å². The van der Waals surface area contributed by atoms with E-state index >= 15 is 0 Å². The van der Waals surface area contributed by atoms with Gasteiger partial charge in [-0.15, -0.1) is 0 Å². The van der Waals surface area contributed by atoms with Crippen molar-refractivity contribution in [2.75, 3.05) is 18.9 Å². The molecule has 1 aromatic rings. The molecule has 1 saturated heterocycles. The largest absolute Gasteiger partial charge is 0.396 e. The molecule has 1 fully saturated rings. The van der Waals surface area contributed by atoms with Crippen LogP contribution in [0.15, 0.2) is 23.1 Å². The fourth-order valence-corrected chi connectivity index (χ4v) is 2.75. The monoisotopic (exact) mass is 246 g/mol. The summed E-state index contributed by atoms with van der Waals surface area (Å²) in [4.78, 5) is 4.89. The first-order valence-electron chi connectivity index (χ1n) is 4.72. The van der Waals surface area contributed by atoms with E-state index in [1.165, 1.54) is 6.07 Å². The Morgan fingerprint density at radius 1 is 1.44 bits per heavy atom. The van der Waals surface area contributed by atoms with Gasteiger partial charge in [0.15, 0.2) is 0 Å². The zero-order valence-electron chi connectivity index (χ0n) is 8.39. The molecule has 1 aliphatic rings. The molecule has 0 bridgehead atoms. The van der Waals surface area contributed by atoms with Crippen molar-refractivity contribution in [3.63, 3.8) is 0 Å². The number of anilines is 1. The van der Waals surface area contributed by atoms with Crippen LogP contribution in [-0.2, 0) is 14.9 Å². The molecule has 0 spiro atoms. The third-order valence-electron chi connectivity index (χ3n) is 2.25. The molecule has 1 aliphatic heterocycles. The number of benzene rings is 1. The number of nitrogens with zero attached hydrogens (tertiary/aromatic N) is 1. The van der Waals surface area contributed by atoms with E-state index in [-0.39, 0.29) is 10.6 Å². The summed E-state index contributed by atoms with van der Waals surface area (Å²) >= 11 is 0. The highest BCUT2D eigenvalue weighted by Crippen LogP contribution is 2.22. The normalized spacial score (nSPS) is 17.8. The van der Waals surface area contributed by atoms with Crippen molar-refractivity contribution in [1.29, 1.82) is 0 Å². The Hall–Kier alpha value is -1.18. The van der Waals surface area contributed by atoms with Gasteiger partial charge >= 0.3 is 0 Å². The topological polar surface area (TPSA) is 72.6 Å². The van der Waals surface area contributed by atoms with Gasteiger partial charge in [-0.05, 0) is 24.6 Å². The molecule has 2 N–H and O–H groups in total. The van der Waals surface area contributed by atoms with Crippen LogP contribution < -0.4 is 5.73 Å². The van der Waals surface area contributed by atoms with Crippen molar-refractivity contribution >= 4 is 15.7 Å². The van der Waals surface area contributed by atoms with Gasteiger partial charge in [0.1, 0.15) is 5.82 Å². The Morgan fingerprint density at radius 2 is 2.19 bits per heavy atom. The maximum Gasteiger partial charge on any atom is 0.265 e. The summed E-state index contributed by atoms with van der Waals surface area (Å²) in [6.07, 6.45) is 0.649. The highest BCUT2D eigenvalue weighted by Gasteiger charge is 2.29. The lowest BCUT2D eigenvalue weighted by atomic mass is 10.3. The van der Waals surface area contributed by atoms with E-state index in [2.05, 4.69) is 0 Å². The summed E-state index contributed by atoms with van der Waals surface area (Å²) in [6.45, 7) is 0.676. The molecule has 88 valence electrons. The maximum atomic E-state index is 12.9. The lowest BCUT2D eigenvalue weighted by Gasteiger charge is -2.14. The van der Waals surface area contributed by atoms with E-state index in [9.17, 15) is 12.8 Å². The molecular weight excluding hydrogens is 235 g/mol. The van der Waals surface area contributed by atoms with Crippen LogP contribution >= 0.6 is 0 Å². The summed E-state index contributed by atoms with van der Waals surface area (Å²) in [5.74, 6) is -0.638. The Kier molecular flexibility index (Phi) is 2.83. The van der Waals surface area contributed by atoms with Crippen LogP contribution in [0.4, 0.5) is 10.1 Å². The van der Waals surface area contributed by atoms with Crippen LogP contribution in [0.3, 0.4) is 0 Å². The summed E-state index contributed by atoms with van der Waals surface area (Å²) in [5, 5.41) is 0. The highest BCUT2D eigenvalue weighted by molar-refractivity contribution is 7.89. The van der Waals surface area contributed by atoms with Gasteiger partial charge < -0.3 is 5.73 Å². The second kappa shape index (κ2) is 4.00. The number of sulfonamides is 1. The Balaban J connectivity index is 2.39. The van der Waals surface area contributed by atoms with Crippen molar-refractivity contribution < 1.29 is 17.6 Å². The molecule has 0 unspecified atom stereocenters. The van der Waals surface area contributed by atoms with Gasteiger partial charge in [0, 0.05) is 6.54 Å². The third-order valence-corrected chi connectivity index (χ3v) is 3.93. The molecule has 0 aromatic heterocycles. The average Bonchev–Trinajstić information content (AvgIpc) is 2.75. The van der Waals surface area contributed by atoms with Crippen LogP contribution in [0.1, 0.15) is 6.42 Å². The number of hydrogen-bond acceptors (Lipinski definition) is 4. The van der Waals surface area contributed by atoms with Crippen LogP contribution in [0.2, 0.25) is 0 Å². The molecule has 0 atom stereocenters. The van der Waals surface area contributed by atoms with Crippen molar-refractivity contribution in [2.24, 2.45) is 0 Å². The third kappa shape index (κ3) is 1.89. The minimum atomic E-state index is -3.71. The van der Waals surface area contributed by atoms with Gasteiger partial charge in [0.2, 0.25) is 0 Å². The second-order valence-corrected chi connectivity index (χ2v) is 5.23. The average molecular weight is 246 g/mol. The number of nitrogens with two attached hydrogens (primary N) is 1. The predicted octanol–water partition coefficient (Wildman–Crippen LogP) is 0.734. The molecular formula is C9H11FN2O3S. The zero-order chi connectivity index (χ0) is 11.8. The van der Waals surface area contributed by atoms with Gasteiger partial charge in [-0.3, -0.25) is 4.84 Å². The number of rotatable bonds is 2. The first-order chi connectivity index (χ1) is 7.51. The molecule has 7 heteroatoms. The van der Waals surface area contributed by atoms with E-state index in [0.29, 0.717) is 19.6 Å². The van der Waals surface area contributed by atoms with E-state index in [1.807, 2.05) is 0 Å². The minimum Gasteiger partial charge on any atom is -0.396 e. The van der Waals surface area contributed by atoms with E-state index in [4.69, 9.17) is 10.6 Å². The van der Waals surface area contributed by atoms with Gasteiger partial charge in [0.25, 0.3) is 10.0 Å². The first kappa shape index (κ1) is 11.3. The van der Waals surface area contributed by atoms with Crippen molar-refractivity contribution in [1.82, 2.24) is 4.47 Å². The number of hydrogen-bond donors (Lipinski definition) is 1. The molecule has 1 heterocycles.